The van der Waals surface area contributed by atoms with Gasteiger partial charge in [-0.1, -0.05) is 25.1 Å². The van der Waals surface area contributed by atoms with E-state index in [0.29, 0.717) is 11.3 Å². The summed E-state index contributed by atoms with van der Waals surface area (Å²) >= 11 is 1.53. The normalized spacial score (nSPS) is 18.9. The number of hydrogen-bond acceptors (Lipinski definition) is 5. The number of aromatic amines is 2. The maximum absolute atomic E-state index is 12.5. The lowest BCUT2D eigenvalue weighted by Crippen LogP contribution is -2.39. The molecule has 3 N–H and O–H groups in total. The van der Waals surface area contributed by atoms with Crippen LogP contribution in [0.1, 0.15) is 44.8 Å². The fourth-order valence-corrected chi connectivity index (χ4v) is 4.66. The molecule has 0 bridgehead atoms. The standard InChI is InChI=1S/C19H19N3O3S/c1-3-11-4-6-13-12(8-11)5-7-15-16(21-10(2)26-15)19(13,25)14-9-20-18(24)22-17(14)23/h4,6,8-9,25H,3,5,7H2,1-2H3,(H2,20,22,23,24). The minimum atomic E-state index is -1.70. The Morgan fingerprint density at radius 2 is 2.08 bits per heavy atom. The molecule has 1 unspecified atom stereocenters. The molecule has 1 aliphatic rings. The number of rotatable bonds is 2. The number of H-pyrrole nitrogens is 2. The fourth-order valence-electron chi connectivity index (χ4n) is 3.68. The van der Waals surface area contributed by atoms with Crippen LogP contribution in [0.5, 0.6) is 0 Å². The molecular formula is C19H19N3O3S. The molecule has 0 aliphatic heterocycles. The van der Waals surface area contributed by atoms with Gasteiger partial charge in [0.1, 0.15) is 0 Å². The first-order valence-electron chi connectivity index (χ1n) is 8.57. The SMILES string of the molecule is CCc1ccc2c(c1)CCc1sc(C)nc1C2(O)c1c[nH]c(=O)[nH]c1=O. The quantitative estimate of drug-likeness (QED) is 0.641. The van der Waals surface area contributed by atoms with Crippen molar-refractivity contribution in [2.24, 2.45) is 0 Å². The maximum Gasteiger partial charge on any atom is 0.325 e. The maximum atomic E-state index is 12.5. The van der Waals surface area contributed by atoms with Gasteiger partial charge in [-0.2, -0.15) is 0 Å². The number of aryl methyl sites for hydroxylation is 4. The number of aromatic nitrogens is 3. The summed E-state index contributed by atoms with van der Waals surface area (Å²) in [7, 11) is 0. The molecule has 0 fully saturated rings. The van der Waals surface area contributed by atoms with Crippen molar-refractivity contribution in [1.82, 2.24) is 15.0 Å². The lowest BCUT2D eigenvalue weighted by atomic mass is 9.82. The zero-order valence-corrected chi connectivity index (χ0v) is 15.4. The van der Waals surface area contributed by atoms with E-state index in [1.165, 1.54) is 23.1 Å². The number of fused-ring (bicyclic) bond motifs is 2. The molecule has 1 aliphatic carbocycles. The van der Waals surface area contributed by atoms with Gasteiger partial charge in [-0.3, -0.25) is 9.78 Å². The van der Waals surface area contributed by atoms with E-state index < -0.39 is 16.9 Å². The van der Waals surface area contributed by atoms with Crippen molar-refractivity contribution < 1.29 is 5.11 Å². The number of nitrogens with one attached hydrogen (secondary N) is 2. The molecule has 0 amide bonds. The van der Waals surface area contributed by atoms with Gasteiger partial charge in [-0.25, -0.2) is 9.78 Å². The van der Waals surface area contributed by atoms with E-state index in [-0.39, 0.29) is 5.56 Å². The van der Waals surface area contributed by atoms with E-state index in [2.05, 4.69) is 27.9 Å². The Morgan fingerprint density at radius 1 is 1.27 bits per heavy atom. The summed E-state index contributed by atoms with van der Waals surface area (Å²) in [5.74, 6) is 0. The van der Waals surface area contributed by atoms with E-state index in [1.54, 1.807) is 0 Å². The van der Waals surface area contributed by atoms with Crippen molar-refractivity contribution in [2.75, 3.05) is 0 Å². The third-order valence-corrected chi connectivity index (χ3v) is 5.98. The monoisotopic (exact) mass is 369 g/mol. The molecule has 7 heteroatoms. The second kappa shape index (κ2) is 6.03. The van der Waals surface area contributed by atoms with Crippen LogP contribution in [0.4, 0.5) is 0 Å². The van der Waals surface area contributed by atoms with Crippen LogP contribution < -0.4 is 11.2 Å². The van der Waals surface area contributed by atoms with E-state index >= 15 is 0 Å². The van der Waals surface area contributed by atoms with Crippen molar-refractivity contribution in [3.63, 3.8) is 0 Å². The molecule has 1 atom stereocenters. The van der Waals surface area contributed by atoms with Gasteiger partial charge in [0.25, 0.3) is 5.56 Å². The highest BCUT2D eigenvalue weighted by Gasteiger charge is 2.43. The van der Waals surface area contributed by atoms with Crippen LogP contribution in [0.15, 0.2) is 34.0 Å². The third-order valence-electron chi connectivity index (χ3n) is 4.95. The van der Waals surface area contributed by atoms with E-state index in [0.717, 1.165) is 34.7 Å². The van der Waals surface area contributed by atoms with Crippen molar-refractivity contribution in [2.45, 2.75) is 38.7 Å². The molecular weight excluding hydrogens is 350 g/mol. The first-order valence-corrected chi connectivity index (χ1v) is 9.39. The first-order chi connectivity index (χ1) is 12.4. The van der Waals surface area contributed by atoms with Gasteiger partial charge in [0.05, 0.1) is 16.3 Å². The summed E-state index contributed by atoms with van der Waals surface area (Å²) in [5.41, 5.74) is 0.479. The van der Waals surface area contributed by atoms with Gasteiger partial charge in [-0.05, 0) is 42.9 Å². The molecule has 0 spiro atoms. The molecule has 26 heavy (non-hydrogen) atoms. The van der Waals surface area contributed by atoms with Crippen LogP contribution in [0.2, 0.25) is 0 Å². The minimum absolute atomic E-state index is 0.0797. The molecule has 3 aromatic rings. The summed E-state index contributed by atoms with van der Waals surface area (Å²) in [5, 5.41) is 12.7. The Morgan fingerprint density at radius 3 is 2.81 bits per heavy atom. The summed E-state index contributed by atoms with van der Waals surface area (Å²) in [6.07, 6.45) is 3.71. The van der Waals surface area contributed by atoms with Crippen LogP contribution in [0.25, 0.3) is 0 Å². The molecule has 0 radical (unpaired) electrons. The number of thiazole rings is 1. The Kier molecular flexibility index (Phi) is 3.93. The Balaban J connectivity index is 2.08. The smallest absolute Gasteiger partial charge is 0.325 e. The molecule has 2 heterocycles. The highest BCUT2D eigenvalue weighted by atomic mass is 32.1. The lowest BCUT2D eigenvalue weighted by Gasteiger charge is -2.28. The molecule has 2 aromatic heterocycles. The molecule has 6 nitrogen and oxygen atoms in total. The molecule has 4 rings (SSSR count). The second-order valence-electron chi connectivity index (χ2n) is 6.55. The topological polar surface area (TPSA) is 98.8 Å². The first kappa shape index (κ1) is 16.9. The van der Waals surface area contributed by atoms with E-state index in [9.17, 15) is 14.7 Å². The van der Waals surface area contributed by atoms with Gasteiger partial charge in [0.15, 0.2) is 5.60 Å². The van der Waals surface area contributed by atoms with Gasteiger partial charge >= 0.3 is 5.69 Å². The third kappa shape index (κ3) is 2.47. The fraction of sp³-hybridized carbons (Fsp3) is 0.316. The van der Waals surface area contributed by atoms with Crippen molar-refractivity contribution in [1.29, 1.82) is 0 Å². The van der Waals surface area contributed by atoms with Crippen LogP contribution in [0.3, 0.4) is 0 Å². The average Bonchev–Trinajstić information content (AvgIpc) is 2.95. The predicted molar refractivity (Wildman–Crippen MR) is 99.9 cm³/mol. The van der Waals surface area contributed by atoms with Gasteiger partial charge < -0.3 is 10.1 Å². The highest BCUT2D eigenvalue weighted by Crippen LogP contribution is 2.42. The van der Waals surface area contributed by atoms with Crippen LogP contribution >= 0.6 is 11.3 Å². The van der Waals surface area contributed by atoms with Gasteiger partial charge in [-0.15, -0.1) is 11.3 Å². The summed E-state index contributed by atoms with van der Waals surface area (Å²) in [6.45, 7) is 3.97. The van der Waals surface area contributed by atoms with Gasteiger partial charge in [0, 0.05) is 11.1 Å². The summed E-state index contributed by atoms with van der Waals surface area (Å²) in [6, 6.07) is 5.93. The summed E-state index contributed by atoms with van der Waals surface area (Å²) < 4.78 is 0. The van der Waals surface area contributed by atoms with Crippen molar-refractivity contribution in [3.05, 3.63) is 83.1 Å². The summed E-state index contributed by atoms with van der Waals surface area (Å²) in [4.78, 5) is 34.2. The molecule has 134 valence electrons. The van der Waals surface area contributed by atoms with Crippen molar-refractivity contribution in [3.8, 4) is 0 Å². The zero-order valence-electron chi connectivity index (χ0n) is 14.5. The number of aliphatic hydroxyl groups is 1. The Labute approximate surface area is 153 Å². The number of nitrogens with zero attached hydrogens (tertiary/aromatic N) is 1. The van der Waals surface area contributed by atoms with Crippen LogP contribution in [-0.2, 0) is 24.9 Å². The molecule has 1 aromatic carbocycles. The van der Waals surface area contributed by atoms with E-state index in [4.69, 9.17) is 0 Å². The van der Waals surface area contributed by atoms with Crippen LogP contribution in [-0.4, -0.2) is 20.1 Å². The van der Waals surface area contributed by atoms with Crippen molar-refractivity contribution >= 4 is 11.3 Å². The predicted octanol–water partition coefficient (Wildman–Crippen LogP) is 1.77. The molecule has 0 saturated heterocycles. The minimum Gasteiger partial charge on any atom is -0.374 e. The van der Waals surface area contributed by atoms with Gasteiger partial charge in [0.2, 0.25) is 0 Å². The Hall–Kier alpha value is -2.51. The number of benzene rings is 1. The average molecular weight is 369 g/mol. The Bertz CT molecular complexity index is 1110. The van der Waals surface area contributed by atoms with E-state index in [1.807, 2.05) is 19.1 Å². The highest BCUT2D eigenvalue weighted by molar-refractivity contribution is 7.11. The second-order valence-corrected chi connectivity index (χ2v) is 7.83. The largest absolute Gasteiger partial charge is 0.374 e. The number of hydrogen-bond donors (Lipinski definition) is 3. The molecule has 0 saturated carbocycles. The lowest BCUT2D eigenvalue weighted by molar-refractivity contribution is 0.118. The zero-order chi connectivity index (χ0) is 18.5. The van der Waals surface area contributed by atoms with Crippen LogP contribution in [0, 0.1) is 6.92 Å².